The largest absolute Gasteiger partial charge is 0.465 e. The molecular formula is C33H26F3N5O4. The molecule has 0 fully saturated rings. The zero-order valence-electron chi connectivity index (χ0n) is 24.3. The standard InChI is InChI=1S/C33H26F3N5O4/c1-37-33(43)29-19-11-18(24(40(2)3)13-27(19)45-31(29)16-7-8-22(32(35)36)38-14-16)21-9-10-26-30(39-21)25-12-17-20(34)5-4-6-23(17)41(25)28(15-42)44-26/h4-14,28,32,42H,15H2,1-3H3,(H,37,43). The summed E-state index contributed by atoms with van der Waals surface area (Å²) >= 11 is 0. The number of furan rings is 1. The minimum absolute atomic E-state index is 0.188. The first-order valence-electron chi connectivity index (χ1n) is 14.0. The highest BCUT2D eigenvalue weighted by Gasteiger charge is 2.30. The van der Waals surface area contributed by atoms with Gasteiger partial charge in [-0.15, -0.1) is 0 Å². The van der Waals surface area contributed by atoms with E-state index in [9.17, 15) is 23.1 Å². The number of carbonyl (C=O) groups is 1. The number of hydrogen-bond donors (Lipinski definition) is 2. The number of alkyl halides is 2. The molecular weight excluding hydrogens is 587 g/mol. The second kappa shape index (κ2) is 10.7. The number of fused-ring (bicyclic) bond motifs is 6. The summed E-state index contributed by atoms with van der Waals surface area (Å²) in [5, 5.41) is 13.6. The summed E-state index contributed by atoms with van der Waals surface area (Å²) in [6.07, 6.45) is -2.24. The molecule has 0 aliphatic carbocycles. The maximum Gasteiger partial charge on any atom is 0.280 e. The van der Waals surface area contributed by atoms with E-state index in [0.717, 1.165) is 5.69 Å². The van der Waals surface area contributed by atoms with E-state index < -0.39 is 24.4 Å². The number of aromatic nitrogens is 3. The molecule has 12 heteroatoms. The molecule has 0 spiro atoms. The van der Waals surface area contributed by atoms with Gasteiger partial charge in [0.2, 0.25) is 0 Å². The van der Waals surface area contributed by atoms with Gasteiger partial charge in [-0.25, -0.2) is 18.2 Å². The molecule has 1 atom stereocenters. The van der Waals surface area contributed by atoms with Crippen molar-refractivity contribution in [2.24, 2.45) is 0 Å². The molecule has 1 aliphatic rings. The average Bonchev–Trinajstić information content (AvgIpc) is 3.63. The predicted octanol–water partition coefficient (Wildman–Crippen LogP) is 6.56. The van der Waals surface area contributed by atoms with Crippen LogP contribution in [0.15, 0.2) is 71.3 Å². The van der Waals surface area contributed by atoms with Crippen LogP contribution in [0.25, 0.3) is 55.8 Å². The highest BCUT2D eigenvalue weighted by Crippen LogP contribution is 2.45. The van der Waals surface area contributed by atoms with Crippen LogP contribution < -0.4 is 15.0 Å². The molecule has 1 unspecified atom stereocenters. The van der Waals surface area contributed by atoms with Crippen molar-refractivity contribution < 1.29 is 32.2 Å². The van der Waals surface area contributed by atoms with E-state index in [2.05, 4.69) is 10.3 Å². The van der Waals surface area contributed by atoms with Gasteiger partial charge in [0.1, 0.15) is 34.3 Å². The molecule has 228 valence electrons. The second-order valence-electron chi connectivity index (χ2n) is 10.8. The lowest BCUT2D eigenvalue weighted by Crippen LogP contribution is -2.24. The van der Waals surface area contributed by atoms with Gasteiger partial charge in [0.15, 0.2) is 6.23 Å². The molecule has 1 amide bonds. The lowest BCUT2D eigenvalue weighted by molar-refractivity contribution is 0.0609. The molecule has 0 saturated carbocycles. The highest BCUT2D eigenvalue weighted by atomic mass is 19.3. The normalized spacial score (nSPS) is 14.0. The fourth-order valence-electron chi connectivity index (χ4n) is 5.83. The molecule has 2 N–H and O–H groups in total. The molecule has 2 aromatic carbocycles. The number of benzene rings is 2. The van der Waals surface area contributed by atoms with Crippen LogP contribution in [-0.4, -0.2) is 53.3 Å². The Balaban J connectivity index is 1.44. The maximum atomic E-state index is 14.8. The Labute approximate surface area is 254 Å². The van der Waals surface area contributed by atoms with Crippen LogP contribution in [0.2, 0.25) is 0 Å². The maximum absolute atomic E-state index is 14.8. The van der Waals surface area contributed by atoms with Crippen LogP contribution in [0.5, 0.6) is 5.75 Å². The van der Waals surface area contributed by atoms with Crippen LogP contribution >= 0.6 is 0 Å². The zero-order chi connectivity index (χ0) is 31.6. The number of aliphatic hydroxyl groups is 1. The van der Waals surface area contributed by atoms with Crippen molar-refractivity contribution >= 4 is 33.5 Å². The fourth-order valence-corrected chi connectivity index (χ4v) is 5.83. The third-order valence-electron chi connectivity index (χ3n) is 7.93. The first-order chi connectivity index (χ1) is 21.7. The fraction of sp³-hybridized carbons (Fsp3) is 0.182. The minimum Gasteiger partial charge on any atom is -0.465 e. The van der Waals surface area contributed by atoms with Crippen molar-refractivity contribution in [1.29, 1.82) is 0 Å². The Morgan fingerprint density at radius 3 is 2.62 bits per heavy atom. The average molecular weight is 614 g/mol. The lowest BCUT2D eigenvalue weighted by Gasteiger charge is -2.28. The van der Waals surface area contributed by atoms with Crippen molar-refractivity contribution in [3.63, 3.8) is 0 Å². The van der Waals surface area contributed by atoms with Crippen LogP contribution in [-0.2, 0) is 0 Å². The molecule has 7 rings (SSSR count). The molecule has 9 nitrogen and oxygen atoms in total. The summed E-state index contributed by atoms with van der Waals surface area (Å²) in [4.78, 5) is 23.9. The van der Waals surface area contributed by atoms with E-state index >= 15 is 0 Å². The van der Waals surface area contributed by atoms with E-state index in [1.165, 1.54) is 31.4 Å². The van der Waals surface area contributed by atoms with E-state index in [1.807, 2.05) is 19.0 Å². The van der Waals surface area contributed by atoms with Crippen molar-refractivity contribution in [3.8, 4) is 39.7 Å². The Kier molecular flexibility index (Phi) is 6.73. The molecule has 0 bridgehead atoms. The van der Waals surface area contributed by atoms with E-state index in [-0.39, 0.29) is 23.6 Å². The number of carbonyl (C=O) groups excluding carboxylic acids is 1. The number of hydrogen-bond acceptors (Lipinski definition) is 7. The number of halogens is 3. The van der Waals surface area contributed by atoms with Gasteiger partial charge >= 0.3 is 0 Å². The summed E-state index contributed by atoms with van der Waals surface area (Å²) < 4.78 is 55.1. The van der Waals surface area contributed by atoms with Crippen LogP contribution in [0.4, 0.5) is 18.9 Å². The van der Waals surface area contributed by atoms with Gasteiger partial charge in [-0.2, -0.15) is 0 Å². The van der Waals surface area contributed by atoms with Gasteiger partial charge in [-0.05, 0) is 48.5 Å². The number of nitrogens with zero attached hydrogens (tertiary/aromatic N) is 4. The Hall–Kier alpha value is -5.36. The van der Waals surface area contributed by atoms with Gasteiger partial charge < -0.3 is 29.0 Å². The molecule has 4 aromatic heterocycles. The van der Waals surface area contributed by atoms with E-state index in [0.29, 0.717) is 55.8 Å². The smallest absolute Gasteiger partial charge is 0.280 e. The number of aliphatic hydroxyl groups excluding tert-OH is 1. The van der Waals surface area contributed by atoms with Gasteiger partial charge in [-0.3, -0.25) is 9.78 Å². The first kappa shape index (κ1) is 28.4. The van der Waals surface area contributed by atoms with Crippen molar-refractivity contribution in [3.05, 3.63) is 83.9 Å². The number of ether oxygens (including phenoxy) is 1. The topological polar surface area (TPSA) is 106 Å². The highest BCUT2D eigenvalue weighted by molar-refractivity contribution is 6.12. The molecule has 0 radical (unpaired) electrons. The number of rotatable bonds is 6. The monoisotopic (exact) mass is 613 g/mol. The number of nitrogens with one attached hydrogen (secondary N) is 1. The van der Waals surface area contributed by atoms with Gasteiger partial charge in [0, 0.05) is 61.0 Å². The molecule has 0 saturated heterocycles. The van der Waals surface area contributed by atoms with Crippen molar-refractivity contribution in [1.82, 2.24) is 19.9 Å². The summed E-state index contributed by atoms with van der Waals surface area (Å²) in [6.45, 7) is -0.332. The number of amides is 1. The van der Waals surface area contributed by atoms with E-state index in [4.69, 9.17) is 14.1 Å². The predicted molar refractivity (Wildman–Crippen MR) is 163 cm³/mol. The summed E-state index contributed by atoms with van der Waals surface area (Å²) in [5.74, 6) is -0.218. The van der Waals surface area contributed by atoms with Crippen LogP contribution in [0, 0.1) is 5.82 Å². The number of anilines is 1. The quantitative estimate of drug-likeness (QED) is 0.219. The third kappa shape index (κ3) is 4.48. The Morgan fingerprint density at radius 1 is 1.11 bits per heavy atom. The molecule has 5 heterocycles. The van der Waals surface area contributed by atoms with Crippen LogP contribution in [0.3, 0.4) is 0 Å². The zero-order valence-corrected chi connectivity index (χ0v) is 24.3. The Bertz CT molecular complexity index is 2120. The molecule has 6 aromatic rings. The SMILES string of the molecule is CNC(=O)c1c(-c2ccc(C(F)F)nc2)oc2cc(N(C)C)c(-c3ccc4c(n3)-c3cc5c(F)cccc5n3C(CO)O4)cc12. The van der Waals surface area contributed by atoms with Crippen molar-refractivity contribution in [2.45, 2.75) is 12.7 Å². The second-order valence-corrected chi connectivity index (χ2v) is 10.8. The molecule has 45 heavy (non-hydrogen) atoms. The Morgan fingerprint density at radius 2 is 1.93 bits per heavy atom. The lowest BCUT2D eigenvalue weighted by atomic mass is 10.0. The minimum atomic E-state index is -2.73. The summed E-state index contributed by atoms with van der Waals surface area (Å²) in [7, 11) is 5.20. The summed E-state index contributed by atoms with van der Waals surface area (Å²) in [6, 6.07) is 16.2. The third-order valence-corrected chi connectivity index (χ3v) is 7.93. The summed E-state index contributed by atoms with van der Waals surface area (Å²) in [5.41, 5.74) is 4.13. The first-order valence-corrected chi connectivity index (χ1v) is 14.0. The number of pyridine rings is 2. The van der Waals surface area contributed by atoms with Crippen molar-refractivity contribution in [2.75, 3.05) is 32.6 Å². The van der Waals surface area contributed by atoms with E-state index in [1.54, 1.807) is 47.0 Å². The van der Waals surface area contributed by atoms with Gasteiger partial charge in [0.05, 0.1) is 29.1 Å². The van der Waals surface area contributed by atoms with Gasteiger partial charge in [-0.1, -0.05) is 6.07 Å². The van der Waals surface area contributed by atoms with Crippen LogP contribution in [0.1, 0.15) is 28.7 Å². The van der Waals surface area contributed by atoms with Gasteiger partial charge in [0.25, 0.3) is 12.3 Å². The molecule has 1 aliphatic heterocycles.